The van der Waals surface area contributed by atoms with Crippen LogP contribution in [0.4, 0.5) is 10.5 Å². The Hall–Kier alpha value is -2.68. The maximum Gasteiger partial charge on any atom is 0.327 e. The van der Waals surface area contributed by atoms with E-state index in [2.05, 4.69) is 10.3 Å². The quantitative estimate of drug-likeness (QED) is 0.468. The van der Waals surface area contributed by atoms with Crippen molar-refractivity contribution in [1.29, 1.82) is 0 Å². The van der Waals surface area contributed by atoms with Crippen LogP contribution < -0.4 is 5.32 Å². The minimum absolute atomic E-state index is 0.0956. The van der Waals surface area contributed by atoms with Crippen LogP contribution in [-0.4, -0.2) is 64.8 Å². The van der Waals surface area contributed by atoms with Gasteiger partial charge in [0.05, 0.1) is 5.69 Å². The van der Waals surface area contributed by atoms with Crippen LogP contribution in [0.1, 0.15) is 6.92 Å². The first kappa shape index (κ1) is 17.7. The first-order valence-corrected chi connectivity index (χ1v) is 7.33. The molecular formula is C14H15ClN4O5. The second kappa shape index (κ2) is 7.26. The molecule has 2 rings (SSSR count). The lowest BCUT2D eigenvalue weighted by Gasteiger charge is -2.16. The molecule has 4 amide bonds. The number of esters is 1. The molecule has 0 spiro atoms. The Balaban J connectivity index is 1.89. The van der Waals surface area contributed by atoms with E-state index in [1.807, 2.05) is 0 Å². The van der Waals surface area contributed by atoms with Crippen molar-refractivity contribution in [3.63, 3.8) is 0 Å². The van der Waals surface area contributed by atoms with E-state index in [0.29, 0.717) is 0 Å². The molecule has 0 aliphatic carbocycles. The molecule has 24 heavy (non-hydrogen) atoms. The minimum atomic E-state index is -1.14. The Kier molecular flexibility index (Phi) is 5.35. The number of pyridine rings is 1. The zero-order valence-corrected chi connectivity index (χ0v) is 13.7. The molecule has 0 bridgehead atoms. The second-order valence-corrected chi connectivity index (χ2v) is 5.44. The summed E-state index contributed by atoms with van der Waals surface area (Å²) in [6.07, 6.45) is 0.321. The summed E-state index contributed by atoms with van der Waals surface area (Å²) >= 11 is 5.82. The molecule has 0 unspecified atom stereocenters. The number of nitrogens with one attached hydrogen (secondary N) is 1. The average Bonchev–Trinajstić information content (AvgIpc) is 2.75. The van der Waals surface area contributed by atoms with E-state index in [0.717, 1.165) is 4.90 Å². The summed E-state index contributed by atoms with van der Waals surface area (Å²) in [5.41, 5.74) is 0.276. The smallest absolute Gasteiger partial charge is 0.327 e. The summed E-state index contributed by atoms with van der Waals surface area (Å²) in [4.78, 5) is 52.8. The lowest BCUT2D eigenvalue weighted by Crippen LogP contribution is -2.39. The number of carbonyl (C=O) groups excluding carboxylic acids is 4. The average molecular weight is 355 g/mol. The number of amides is 4. The fraction of sp³-hybridized carbons (Fsp3) is 0.357. The Morgan fingerprint density at radius 2 is 2.17 bits per heavy atom. The third-order valence-corrected chi connectivity index (χ3v) is 3.51. The Morgan fingerprint density at radius 1 is 1.46 bits per heavy atom. The predicted molar refractivity (Wildman–Crippen MR) is 83.2 cm³/mol. The van der Waals surface area contributed by atoms with E-state index in [-0.39, 0.29) is 17.4 Å². The number of imide groups is 1. The highest BCUT2D eigenvalue weighted by molar-refractivity contribution is 6.32. The van der Waals surface area contributed by atoms with E-state index >= 15 is 0 Å². The van der Waals surface area contributed by atoms with Crippen LogP contribution in [-0.2, 0) is 19.1 Å². The number of carbonyl (C=O) groups is 4. The minimum Gasteiger partial charge on any atom is -0.451 e. The van der Waals surface area contributed by atoms with Crippen LogP contribution in [0.3, 0.4) is 0 Å². The molecule has 9 nitrogen and oxygen atoms in total. The molecular weight excluding hydrogens is 340 g/mol. The second-order valence-electron chi connectivity index (χ2n) is 5.08. The number of ether oxygens (including phenoxy) is 1. The number of nitrogens with zero attached hydrogens (tertiary/aromatic N) is 3. The molecule has 1 aromatic rings. The molecule has 10 heteroatoms. The Bertz CT molecular complexity index is 695. The number of likely N-dealkylation sites (N-methyl/N-ethyl adjacent to an activating group) is 1. The molecule has 1 fully saturated rings. The molecule has 1 N–H and O–H groups in total. The number of anilines is 1. The molecule has 2 heterocycles. The van der Waals surface area contributed by atoms with Gasteiger partial charge in [-0.2, -0.15) is 0 Å². The van der Waals surface area contributed by atoms with Crippen molar-refractivity contribution in [3.05, 3.63) is 23.5 Å². The Labute approximate surface area is 142 Å². The number of halogens is 1. The molecule has 1 aliphatic heterocycles. The van der Waals surface area contributed by atoms with Gasteiger partial charge in [0.25, 0.3) is 11.8 Å². The summed E-state index contributed by atoms with van der Waals surface area (Å²) in [5, 5.41) is 2.57. The lowest BCUT2D eigenvalue weighted by molar-refractivity contribution is -0.154. The van der Waals surface area contributed by atoms with Gasteiger partial charge in [-0.1, -0.05) is 11.6 Å². The van der Waals surface area contributed by atoms with Crippen LogP contribution >= 0.6 is 11.6 Å². The predicted octanol–water partition coefficient (Wildman–Crippen LogP) is 0.499. The number of rotatable bonds is 5. The van der Waals surface area contributed by atoms with Crippen LogP contribution in [0.5, 0.6) is 0 Å². The topological polar surface area (TPSA) is 109 Å². The third-order valence-electron chi connectivity index (χ3n) is 3.21. The summed E-state index contributed by atoms with van der Waals surface area (Å²) in [6.45, 7) is 0.714. The maximum atomic E-state index is 12.0. The van der Waals surface area contributed by atoms with Gasteiger partial charge in [0.1, 0.15) is 13.1 Å². The van der Waals surface area contributed by atoms with Gasteiger partial charge in [-0.15, -0.1) is 0 Å². The SMILES string of the molecule is C[C@@H](OC(=O)CN1C(=O)CN(C)C1=O)C(=O)Nc1cccnc1Cl. The highest BCUT2D eigenvalue weighted by Gasteiger charge is 2.35. The van der Waals surface area contributed by atoms with E-state index in [1.54, 1.807) is 12.1 Å². The van der Waals surface area contributed by atoms with Crippen molar-refractivity contribution < 1.29 is 23.9 Å². The molecule has 128 valence electrons. The molecule has 1 aromatic heterocycles. The normalized spacial score (nSPS) is 15.5. The fourth-order valence-corrected chi connectivity index (χ4v) is 2.12. The van der Waals surface area contributed by atoms with E-state index in [4.69, 9.17) is 16.3 Å². The van der Waals surface area contributed by atoms with Crippen molar-refractivity contribution in [3.8, 4) is 0 Å². The van der Waals surface area contributed by atoms with Crippen LogP contribution in [0.25, 0.3) is 0 Å². The maximum absolute atomic E-state index is 12.0. The van der Waals surface area contributed by atoms with Gasteiger partial charge >= 0.3 is 12.0 Å². The standard InChI is InChI=1S/C14H15ClN4O5/c1-8(13(22)17-9-4-3-5-16-12(9)15)24-11(21)7-19-10(20)6-18(2)14(19)23/h3-5,8H,6-7H2,1-2H3,(H,17,22)/t8-/m1/s1. The summed E-state index contributed by atoms with van der Waals surface area (Å²) < 4.78 is 4.94. The molecule has 1 saturated heterocycles. The molecule has 0 saturated carbocycles. The highest BCUT2D eigenvalue weighted by Crippen LogP contribution is 2.18. The molecule has 0 aromatic carbocycles. The first-order valence-electron chi connectivity index (χ1n) is 6.96. The van der Waals surface area contributed by atoms with Crippen LogP contribution in [0.2, 0.25) is 5.15 Å². The lowest BCUT2D eigenvalue weighted by atomic mass is 10.3. The van der Waals surface area contributed by atoms with Crippen molar-refractivity contribution in [1.82, 2.24) is 14.8 Å². The van der Waals surface area contributed by atoms with Gasteiger partial charge in [0, 0.05) is 13.2 Å². The summed E-state index contributed by atoms with van der Waals surface area (Å²) in [6, 6.07) is 2.54. The number of hydrogen-bond donors (Lipinski definition) is 1. The van der Waals surface area contributed by atoms with Crippen molar-refractivity contribution in [2.24, 2.45) is 0 Å². The van der Waals surface area contributed by atoms with Gasteiger partial charge in [0.15, 0.2) is 11.3 Å². The monoisotopic (exact) mass is 354 g/mol. The van der Waals surface area contributed by atoms with Crippen molar-refractivity contribution in [2.45, 2.75) is 13.0 Å². The van der Waals surface area contributed by atoms with Gasteiger partial charge in [-0.05, 0) is 19.1 Å². The highest BCUT2D eigenvalue weighted by atomic mass is 35.5. The van der Waals surface area contributed by atoms with Gasteiger partial charge in [0.2, 0.25) is 0 Å². The largest absolute Gasteiger partial charge is 0.451 e. The zero-order chi connectivity index (χ0) is 17.9. The third kappa shape index (κ3) is 3.99. The fourth-order valence-electron chi connectivity index (χ4n) is 1.96. The van der Waals surface area contributed by atoms with E-state index in [9.17, 15) is 19.2 Å². The number of aromatic nitrogens is 1. The van der Waals surface area contributed by atoms with Gasteiger partial charge < -0.3 is 15.0 Å². The summed E-state index contributed by atoms with van der Waals surface area (Å²) in [5.74, 6) is -1.99. The number of hydrogen-bond acceptors (Lipinski definition) is 6. The van der Waals surface area contributed by atoms with Crippen molar-refractivity contribution >= 4 is 41.1 Å². The zero-order valence-electron chi connectivity index (χ0n) is 13.0. The van der Waals surface area contributed by atoms with E-state index < -0.39 is 36.5 Å². The van der Waals surface area contributed by atoms with E-state index in [1.165, 1.54) is 25.1 Å². The number of urea groups is 1. The molecule has 1 atom stereocenters. The van der Waals surface area contributed by atoms with Crippen LogP contribution in [0, 0.1) is 0 Å². The first-order chi connectivity index (χ1) is 11.3. The van der Waals surface area contributed by atoms with Gasteiger partial charge in [-0.25, -0.2) is 9.78 Å². The molecule has 0 radical (unpaired) electrons. The van der Waals surface area contributed by atoms with Gasteiger partial charge in [-0.3, -0.25) is 19.3 Å². The summed E-state index contributed by atoms with van der Waals surface area (Å²) in [7, 11) is 1.44. The van der Waals surface area contributed by atoms with Crippen LogP contribution in [0.15, 0.2) is 18.3 Å². The Morgan fingerprint density at radius 3 is 2.75 bits per heavy atom. The van der Waals surface area contributed by atoms with Crippen molar-refractivity contribution in [2.75, 3.05) is 25.5 Å². The molecule has 1 aliphatic rings.